The molecule has 0 aromatic carbocycles. The first-order valence-electron chi connectivity index (χ1n) is 4.12. The molecular formula is C8H18N2O2. The van der Waals surface area contributed by atoms with Gasteiger partial charge in [0, 0.05) is 25.1 Å². The van der Waals surface area contributed by atoms with E-state index in [4.69, 9.17) is 10.8 Å². The Labute approximate surface area is 73.1 Å². The van der Waals surface area contributed by atoms with Crippen LogP contribution in [0.1, 0.15) is 26.7 Å². The standard InChI is InChI=1S/C8H18N2O2/c1-8(2,4-6-11)10-5-3-7(9)12/h10-11H,3-6H2,1-2H3,(H2,9,12). The Morgan fingerprint density at radius 2 is 2.17 bits per heavy atom. The molecule has 0 spiro atoms. The average molecular weight is 174 g/mol. The smallest absolute Gasteiger partial charge is 0.218 e. The summed E-state index contributed by atoms with van der Waals surface area (Å²) in [5.41, 5.74) is 4.85. The second kappa shape index (κ2) is 5.11. The van der Waals surface area contributed by atoms with Gasteiger partial charge in [0.2, 0.25) is 5.91 Å². The maximum atomic E-state index is 10.4. The highest BCUT2D eigenvalue weighted by atomic mass is 16.3. The van der Waals surface area contributed by atoms with E-state index in [9.17, 15) is 4.79 Å². The number of aliphatic hydroxyl groups is 1. The lowest BCUT2D eigenvalue weighted by Crippen LogP contribution is -2.41. The van der Waals surface area contributed by atoms with Crippen molar-refractivity contribution in [2.24, 2.45) is 5.73 Å². The molecule has 4 N–H and O–H groups in total. The highest BCUT2D eigenvalue weighted by Crippen LogP contribution is 2.06. The van der Waals surface area contributed by atoms with Gasteiger partial charge in [-0.15, -0.1) is 0 Å². The zero-order chi connectivity index (χ0) is 9.61. The van der Waals surface area contributed by atoms with E-state index in [1.54, 1.807) is 0 Å². The van der Waals surface area contributed by atoms with Gasteiger partial charge in [0.15, 0.2) is 0 Å². The van der Waals surface area contributed by atoms with E-state index < -0.39 is 0 Å². The monoisotopic (exact) mass is 174 g/mol. The molecule has 12 heavy (non-hydrogen) atoms. The number of amides is 1. The maximum absolute atomic E-state index is 10.4. The van der Waals surface area contributed by atoms with Crippen molar-refractivity contribution in [2.75, 3.05) is 13.2 Å². The van der Waals surface area contributed by atoms with E-state index in [0.29, 0.717) is 19.4 Å². The second-order valence-corrected chi connectivity index (χ2v) is 3.50. The Morgan fingerprint density at radius 1 is 1.58 bits per heavy atom. The molecule has 0 atom stereocenters. The Balaban J connectivity index is 3.53. The molecule has 4 heteroatoms. The van der Waals surface area contributed by atoms with Gasteiger partial charge in [-0.2, -0.15) is 0 Å². The van der Waals surface area contributed by atoms with Crippen molar-refractivity contribution in [2.45, 2.75) is 32.2 Å². The van der Waals surface area contributed by atoms with Crippen LogP contribution in [0.15, 0.2) is 0 Å². The number of hydrogen-bond donors (Lipinski definition) is 3. The van der Waals surface area contributed by atoms with Crippen molar-refractivity contribution in [1.29, 1.82) is 0 Å². The third-order valence-electron chi connectivity index (χ3n) is 1.71. The third kappa shape index (κ3) is 6.12. The Kier molecular flexibility index (Phi) is 4.85. The van der Waals surface area contributed by atoms with Crippen LogP contribution in [-0.4, -0.2) is 29.7 Å². The fourth-order valence-corrected chi connectivity index (χ4v) is 0.892. The summed E-state index contributed by atoms with van der Waals surface area (Å²) in [6, 6.07) is 0. The number of nitrogens with two attached hydrogens (primary N) is 1. The van der Waals surface area contributed by atoms with Gasteiger partial charge in [-0.05, 0) is 20.3 Å². The predicted octanol–water partition coefficient (Wildman–Crippen LogP) is -0.388. The first kappa shape index (κ1) is 11.4. The van der Waals surface area contributed by atoms with E-state index in [1.807, 2.05) is 13.8 Å². The van der Waals surface area contributed by atoms with Gasteiger partial charge in [-0.3, -0.25) is 4.79 Å². The fraction of sp³-hybridized carbons (Fsp3) is 0.875. The summed E-state index contributed by atoms with van der Waals surface area (Å²) in [6.45, 7) is 4.67. The molecule has 0 saturated carbocycles. The van der Waals surface area contributed by atoms with E-state index in [1.165, 1.54) is 0 Å². The number of aliphatic hydroxyl groups excluding tert-OH is 1. The molecule has 0 aliphatic carbocycles. The Morgan fingerprint density at radius 3 is 2.58 bits per heavy atom. The Bertz CT molecular complexity index is 146. The van der Waals surface area contributed by atoms with Crippen molar-refractivity contribution in [3.8, 4) is 0 Å². The predicted molar refractivity (Wildman–Crippen MR) is 47.6 cm³/mol. The summed E-state index contributed by atoms with van der Waals surface area (Å²) in [4.78, 5) is 10.4. The quantitative estimate of drug-likeness (QED) is 0.513. The largest absolute Gasteiger partial charge is 0.396 e. The molecule has 0 aliphatic heterocycles. The summed E-state index contributed by atoms with van der Waals surface area (Å²) >= 11 is 0. The minimum atomic E-state index is -0.303. The minimum Gasteiger partial charge on any atom is -0.396 e. The molecule has 1 amide bonds. The molecule has 0 unspecified atom stereocenters. The van der Waals surface area contributed by atoms with E-state index in [0.717, 1.165) is 0 Å². The van der Waals surface area contributed by atoms with Crippen LogP contribution in [0.4, 0.5) is 0 Å². The van der Waals surface area contributed by atoms with E-state index >= 15 is 0 Å². The number of nitrogens with one attached hydrogen (secondary N) is 1. The first-order chi connectivity index (χ1) is 5.48. The lowest BCUT2D eigenvalue weighted by molar-refractivity contribution is -0.117. The first-order valence-corrected chi connectivity index (χ1v) is 4.12. The van der Waals surface area contributed by atoms with Crippen LogP contribution >= 0.6 is 0 Å². The highest BCUT2D eigenvalue weighted by Gasteiger charge is 2.15. The van der Waals surface area contributed by atoms with E-state index in [2.05, 4.69) is 5.32 Å². The summed E-state index contributed by atoms with van der Waals surface area (Å²) in [5.74, 6) is -0.303. The van der Waals surface area contributed by atoms with Crippen molar-refractivity contribution >= 4 is 5.91 Å². The second-order valence-electron chi connectivity index (χ2n) is 3.50. The maximum Gasteiger partial charge on any atom is 0.218 e. The highest BCUT2D eigenvalue weighted by molar-refractivity contribution is 5.73. The van der Waals surface area contributed by atoms with Gasteiger partial charge >= 0.3 is 0 Å². The zero-order valence-corrected chi connectivity index (χ0v) is 7.76. The molecular weight excluding hydrogens is 156 g/mol. The molecule has 0 heterocycles. The van der Waals surface area contributed by atoms with Crippen LogP contribution in [0.3, 0.4) is 0 Å². The van der Waals surface area contributed by atoms with Gasteiger partial charge in [-0.1, -0.05) is 0 Å². The molecule has 0 aromatic heterocycles. The summed E-state index contributed by atoms with van der Waals surface area (Å²) in [7, 11) is 0. The van der Waals surface area contributed by atoms with Gasteiger partial charge in [-0.25, -0.2) is 0 Å². The molecule has 4 nitrogen and oxygen atoms in total. The Hall–Kier alpha value is -0.610. The normalized spacial score (nSPS) is 11.6. The molecule has 0 aliphatic rings. The summed E-state index contributed by atoms with van der Waals surface area (Å²) in [5, 5.41) is 11.8. The molecule has 0 radical (unpaired) electrons. The number of primary amides is 1. The van der Waals surface area contributed by atoms with Crippen molar-refractivity contribution < 1.29 is 9.90 Å². The summed E-state index contributed by atoms with van der Waals surface area (Å²) < 4.78 is 0. The summed E-state index contributed by atoms with van der Waals surface area (Å²) in [6.07, 6.45) is 1.01. The molecule has 0 saturated heterocycles. The van der Waals surface area contributed by atoms with Crippen molar-refractivity contribution in [3.63, 3.8) is 0 Å². The third-order valence-corrected chi connectivity index (χ3v) is 1.71. The number of carbonyl (C=O) groups excluding carboxylic acids is 1. The van der Waals surface area contributed by atoms with Crippen LogP contribution in [0.2, 0.25) is 0 Å². The van der Waals surface area contributed by atoms with Crippen LogP contribution in [-0.2, 0) is 4.79 Å². The van der Waals surface area contributed by atoms with Crippen LogP contribution in [0.5, 0.6) is 0 Å². The SMILES string of the molecule is CC(C)(CCO)NCCC(N)=O. The topological polar surface area (TPSA) is 75.3 Å². The van der Waals surface area contributed by atoms with Crippen LogP contribution in [0, 0.1) is 0 Å². The van der Waals surface area contributed by atoms with Gasteiger partial charge in [0.25, 0.3) is 0 Å². The van der Waals surface area contributed by atoms with E-state index in [-0.39, 0.29) is 18.1 Å². The van der Waals surface area contributed by atoms with Crippen LogP contribution in [0.25, 0.3) is 0 Å². The van der Waals surface area contributed by atoms with Crippen LogP contribution < -0.4 is 11.1 Å². The lowest BCUT2D eigenvalue weighted by atomic mass is 10.0. The number of hydrogen-bond acceptors (Lipinski definition) is 3. The zero-order valence-electron chi connectivity index (χ0n) is 7.76. The number of carbonyl (C=O) groups is 1. The lowest BCUT2D eigenvalue weighted by Gasteiger charge is -2.24. The fourth-order valence-electron chi connectivity index (χ4n) is 0.892. The molecule has 0 aromatic rings. The minimum absolute atomic E-state index is 0.121. The number of rotatable bonds is 6. The van der Waals surface area contributed by atoms with Gasteiger partial charge in [0.05, 0.1) is 0 Å². The van der Waals surface area contributed by atoms with Crippen molar-refractivity contribution in [3.05, 3.63) is 0 Å². The molecule has 0 fully saturated rings. The molecule has 0 bridgehead atoms. The average Bonchev–Trinajstić information content (AvgIpc) is 1.85. The molecule has 0 rings (SSSR count). The van der Waals surface area contributed by atoms with Gasteiger partial charge in [0.1, 0.15) is 0 Å². The van der Waals surface area contributed by atoms with Gasteiger partial charge < -0.3 is 16.2 Å². The van der Waals surface area contributed by atoms with Crippen molar-refractivity contribution in [1.82, 2.24) is 5.32 Å². The molecule has 72 valence electrons.